The van der Waals surface area contributed by atoms with Gasteiger partial charge in [-0.25, -0.2) is 4.39 Å². The minimum Gasteiger partial charge on any atom is -0.480 e. The molecule has 0 saturated heterocycles. The summed E-state index contributed by atoms with van der Waals surface area (Å²) >= 11 is 0. The summed E-state index contributed by atoms with van der Waals surface area (Å²) in [5.41, 5.74) is 7.53. The zero-order valence-corrected chi connectivity index (χ0v) is 9.33. The Morgan fingerprint density at radius 2 is 2.29 bits per heavy atom. The van der Waals surface area contributed by atoms with E-state index in [1.54, 1.807) is 19.1 Å². The molecule has 1 atom stereocenters. The molecule has 0 saturated carbocycles. The summed E-state index contributed by atoms with van der Waals surface area (Å²) in [6.45, 7) is 1.78. The molecule has 0 aliphatic rings. The van der Waals surface area contributed by atoms with Gasteiger partial charge in [-0.3, -0.25) is 4.79 Å². The zero-order valence-electron chi connectivity index (χ0n) is 9.33. The molecule has 2 rings (SSSR count). The predicted octanol–water partition coefficient (Wildman–Crippen LogP) is 1.57. The Kier molecular flexibility index (Phi) is 2.85. The van der Waals surface area contributed by atoms with Gasteiger partial charge >= 0.3 is 5.97 Å². The van der Waals surface area contributed by atoms with Gasteiger partial charge in [0.05, 0.1) is 0 Å². The number of aryl methyl sites for hydroxylation is 1. The molecule has 0 aliphatic heterocycles. The van der Waals surface area contributed by atoms with Crippen molar-refractivity contribution in [1.82, 2.24) is 4.98 Å². The summed E-state index contributed by atoms with van der Waals surface area (Å²) in [7, 11) is 0. The number of carboxylic acids is 1. The molecule has 2 aromatic rings. The molecule has 0 fully saturated rings. The first-order chi connectivity index (χ1) is 8.00. The number of benzene rings is 1. The molecule has 0 aliphatic carbocycles. The van der Waals surface area contributed by atoms with E-state index in [2.05, 4.69) is 4.98 Å². The summed E-state index contributed by atoms with van der Waals surface area (Å²) in [6.07, 6.45) is 0.113. The van der Waals surface area contributed by atoms with Crippen molar-refractivity contribution in [3.05, 3.63) is 35.3 Å². The van der Waals surface area contributed by atoms with Crippen molar-refractivity contribution in [2.75, 3.05) is 0 Å². The second-order valence-electron chi connectivity index (χ2n) is 4.04. The normalized spacial score (nSPS) is 12.9. The van der Waals surface area contributed by atoms with E-state index >= 15 is 0 Å². The highest BCUT2D eigenvalue weighted by molar-refractivity contribution is 5.86. The molecule has 1 unspecified atom stereocenters. The molecule has 0 spiro atoms. The minimum absolute atomic E-state index is 0.113. The van der Waals surface area contributed by atoms with Crippen LogP contribution in [0.2, 0.25) is 0 Å². The Hall–Kier alpha value is -1.88. The van der Waals surface area contributed by atoms with Gasteiger partial charge in [0, 0.05) is 23.0 Å². The van der Waals surface area contributed by atoms with Crippen molar-refractivity contribution >= 4 is 16.9 Å². The number of aromatic amines is 1. The highest BCUT2D eigenvalue weighted by Crippen LogP contribution is 2.25. The third-order valence-corrected chi connectivity index (χ3v) is 2.83. The SMILES string of the molecule is Cc1[nH]c2cccc(F)c2c1CC(N)C(=O)O. The van der Waals surface area contributed by atoms with Gasteiger partial charge in [0.15, 0.2) is 0 Å². The predicted molar refractivity (Wildman–Crippen MR) is 62.3 cm³/mol. The van der Waals surface area contributed by atoms with Crippen LogP contribution < -0.4 is 5.73 Å². The molecule has 4 nitrogen and oxygen atoms in total. The number of hydrogen-bond acceptors (Lipinski definition) is 2. The number of halogens is 1. The summed E-state index contributed by atoms with van der Waals surface area (Å²) < 4.78 is 13.7. The molecule has 1 aromatic heterocycles. The number of carboxylic acid groups (broad SMARTS) is 1. The number of carbonyl (C=O) groups is 1. The third-order valence-electron chi connectivity index (χ3n) is 2.83. The standard InChI is InChI=1S/C12H13FN2O2/c1-6-7(5-9(14)12(16)17)11-8(13)3-2-4-10(11)15-6/h2-4,9,15H,5,14H2,1H3,(H,16,17). The second kappa shape index (κ2) is 4.18. The summed E-state index contributed by atoms with van der Waals surface area (Å²) in [5, 5.41) is 9.22. The van der Waals surface area contributed by atoms with E-state index in [1.165, 1.54) is 6.07 Å². The number of fused-ring (bicyclic) bond motifs is 1. The molecule has 0 bridgehead atoms. The lowest BCUT2D eigenvalue weighted by Gasteiger charge is -2.06. The number of aromatic nitrogens is 1. The number of nitrogens with two attached hydrogens (primary N) is 1. The number of nitrogens with one attached hydrogen (secondary N) is 1. The van der Waals surface area contributed by atoms with E-state index in [4.69, 9.17) is 10.8 Å². The van der Waals surface area contributed by atoms with Crippen molar-refractivity contribution in [2.45, 2.75) is 19.4 Å². The number of hydrogen-bond donors (Lipinski definition) is 3. The molecule has 90 valence electrons. The highest BCUT2D eigenvalue weighted by atomic mass is 19.1. The molecule has 5 heteroatoms. The van der Waals surface area contributed by atoms with E-state index in [9.17, 15) is 9.18 Å². The average molecular weight is 236 g/mol. The first-order valence-corrected chi connectivity index (χ1v) is 5.24. The quantitative estimate of drug-likeness (QED) is 0.756. The van der Waals surface area contributed by atoms with Gasteiger partial charge in [-0.15, -0.1) is 0 Å². The molecule has 1 aromatic carbocycles. The van der Waals surface area contributed by atoms with Crippen LogP contribution in [0.3, 0.4) is 0 Å². The Bertz CT molecular complexity index is 577. The maximum absolute atomic E-state index is 13.7. The summed E-state index contributed by atoms with van der Waals surface area (Å²) in [6, 6.07) is 3.69. The first-order valence-electron chi connectivity index (χ1n) is 5.24. The van der Waals surface area contributed by atoms with Crippen LogP contribution in [-0.4, -0.2) is 22.1 Å². The Balaban J connectivity index is 2.53. The van der Waals surface area contributed by atoms with Gasteiger partial charge in [0.25, 0.3) is 0 Å². The molecular weight excluding hydrogens is 223 g/mol. The van der Waals surface area contributed by atoms with Crippen LogP contribution in [0.25, 0.3) is 10.9 Å². The fourth-order valence-electron chi connectivity index (χ4n) is 1.96. The molecule has 1 heterocycles. The first kappa shape index (κ1) is 11.6. The minimum atomic E-state index is -1.09. The molecule has 4 N–H and O–H groups in total. The molecule has 0 radical (unpaired) electrons. The van der Waals surface area contributed by atoms with Crippen LogP contribution >= 0.6 is 0 Å². The number of H-pyrrole nitrogens is 1. The van der Waals surface area contributed by atoms with E-state index < -0.39 is 12.0 Å². The van der Waals surface area contributed by atoms with E-state index in [0.717, 1.165) is 5.69 Å². The number of rotatable bonds is 3. The number of aliphatic carboxylic acids is 1. The smallest absolute Gasteiger partial charge is 0.320 e. The lowest BCUT2D eigenvalue weighted by molar-refractivity contribution is -0.138. The van der Waals surface area contributed by atoms with Crippen LogP contribution in [0.1, 0.15) is 11.3 Å². The monoisotopic (exact) mass is 236 g/mol. The molecular formula is C12H13FN2O2. The van der Waals surface area contributed by atoms with Crippen LogP contribution in [0, 0.1) is 12.7 Å². The summed E-state index contributed by atoms with van der Waals surface area (Å²) in [5.74, 6) is -1.45. The van der Waals surface area contributed by atoms with Crippen LogP contribution in [0.15, 0.2) is 18.2 Å². The maximum atomic E-state index is 13.7. The van der Waals surface area contributed by atoms with Crippen LogP contribution in [0.4, 0.5) is 4.39 Å². The largest absolute Gasteiger partial charge is 0.480 e. The van der Waals surface area contributed by atoms with Crippen LogP contribution in [-0.2, 0) is 11.2 Å². The summed E-state index contributed by atoms with van der Waals surface area (Å²) in [4.78, 5) is 13.8. The Morgan fingerprint density at radius 1 is 1.59 bits per heavy atom. The lowest BCUT2D eigenvalue weighted by Crippen LogP contribution is -2.32. The van der Waals surface area contributed by atoms with E-state index in [-0.39, 0.29) is 12.2 Å². The van der Waals surface area contributed by atoms with Gasteiger partial charge in [0.1, 0.15) is 11.9 Å². The van der Waals surface area contributed by atoms with Gasteiger partial charge < -0.3 is 15.8 Å². The highest BCUT2D eigenvalue weighted by Gasteiger charge is 2.18. The second-order valence-corrected chi connectivity index (χ2v) is 4.04. The van der Waals surface area contributed by atoms with Crippen molar-refractivity contribution in [3.8, 4) is 0 Å². The Labute approximate surface area is 97.2 Å². The lowest BCUT2D eigenvalue weighted by atomic mass is 10.0. The Morgan fingerprint density at radius 3 is 2.94 bits per heavy atom. The van der Waals surface area contributed by atoms with Crippen molar-refractivity contribution in [1.29, 1.82) is 0 Å². The van der Waals surface area contributed by atoms with Crippen molar-refractivity contribution in [3.63, 3.8) is 0 Å². The third kappa shape index (κ3) is 2.01. The van der Waals surface area contributed by atoms with Crippen molar-refractivity contribution in [2.24, 2.45) is 5.73 Å². The van der Waals surface area contributed by atoms with Gasteiger partial charge in [0.2, 0.25) is 0 Å². The molecule has 0 amide bonds. The van der Waals surface area contributed by atoms with Gasteiger partial charge in [-0.05, 0) is 24.6 Å². The maximum Gasteiger partial charge on any atom is 0.320 e. The van der Waals surface area contributed by atoms with Crippen LogP contribution in [0.5, 0.6) is 0 Å². The fraction of sp³-hybridized carbons (Fsp3) is 0.250. The average Bonchev–Trinajstić information content (AvgIpc) is 2.56. The van der Waals surface area contributed by atoms with Crippen molar-refractivity contribution < 1.29 is 14.3 Å². The topological polar surface area (TPSA) is 79.1 Å². The van der Waals surface area contributed by atoms with E-state index in [1.807, 2.05) is 0 Å². The zero-order chi connectivity index (χ0) is 12.6. The van der Waals surface area contributed by atoms with E-state index in [0.29, 0.717) is 16.5 Å². The fourth-order valence-corrected chi connectivity index (χ4v) is 1.96. The van der Waals surface area contributed by atoms with Gasteiger partial charge in [-0.1, -0.05) is 6.07 Å². The molecule has 17 heavy (non-hydrogen) atoms. The van der Waals surface area contributed by atoms with Gasteiger partial charge in [-0.2, -0.15) is 0 Å².